The van der Waals surface area contributed by atoms with Gasteiger partial charge < -0.3 is 5.73 Å². The highest BCUT2D eigenvalue weighted by Gasteiger charge is 2.09. The highest BCUT2D eigenvalue weighted by atomic mass is 32.2. The summed E-state index contributed by atoms with van der Waals surface area (Å²) in [5.74, 6) is 1.82. The van der Waals surface area contributed by atoms with E-state index >= 15 is 0 Å². The number of thioether (sulfide) groups is 1. The number of rotatable bonds is 2. The Labute approximate surface area is 98.3 Å². The number of hydrogen-bond donors (Lipinski definition) is 2. The summed E-state index contributed by atoms with van der Waals surface area (Å²) in [6.45, 7) is 0. The molecule has 0 radical (unpaired) electrons. The van der Waals surface area contributed by atoms with Crippen LogP contribution in [0.1, 0.15) is 16.8 Å². The highest BCUT2D eigenvalue weighted by Crippen LogP contribution is 2.13. The van der Waals surface area contributed by atoms with Crippen molar-refractivity contribution in [1.82, 2.24) is 5.43 Å². The number of carbonyl (C=O) groups is 1. The van der Waals surface area contributed by atoms with Crippen LogP contribution in [-0.2, 0) is 0 Å². The van der Waals surface area contributed by atoms with E-state index < -0.39 is 0 Å². The lowest BCUT2D eigenvalue weighted by atomic mass is 10.2. The maximum Gasteiger partial charge on any atom is 0.271 e. The molecule has 16 heavy (non-hydrogen) atoms. The predicted molar refractivity (Wildman–Crippen MR) is 67.7 cm³/mol. The molecular formula is C11H13N3OS. The van der Waals surface area contributed by atoms with Gasteiger partial charge in [0.05, 0.1) is 0 Å². The zero-order valence-electron chi connectivity index (χ0n) is 8.77. The summed E-state index contributed by atoms with van der Waals surface area (Å²) in [6.07, 6.45) is 0.965. The molecule has 1 aromatic carbocycles. The van der Waals surface area contributed by atoms with Gasteiger partial charge in [-0.1, -0.05) is 0 Å². The van der Waals surface area contributed by atoms with Crippen molar-refractivity contribution in [1.29, 1.82) is 0 Å². The molecule has 0 saturated carbocycles. The fourth-order valence-electron chi connectivity index (χ4n) is 1.37. The van der Waals surface area contributed by atoms with Crippen LogP contribution in [-0.4, -0.2) is 23.1 Å². The number of nitrogen functional groups attached to an aromatic ring is 1. The number of hydrazone groups is 1. The number of amides is 1. The molecule has 1 amide bonds. The van der Waals surface area contributed by atoms with Crippen LogP contribution in [0.4, 0.5) is 5.69 Å². The van der Waals surface area contributed by atoms with Crippen molar-refractivity contribution < 1.29 is 4.79 Å². The molecule has 0 aromatic heterocycles. The fraction of sp³-hybridized carbons (Fsp3) is 0.273. The van der Waals surface area contributed by atoms with Crippen LogP contribution in [0, 0.1) is 0 Å². The number of benzene rings is 1. The summed E-state index contributed by atoms with van der Waals surface area (Å²) in [7, 11) is 0. The van der Waals surface area contributed by atoms with Crippen LogP contribution in [0.15, 0.2) is 29.4 Å². The third kappa shape index (κ3) is 2.76. The van der Waals surface area contributed by atoms with Crippen molar-refractivity contribution in [3.8, 4) is 0 Å². The van der Waals surface area contributed by atoms with Crippen molar-refractivity contribution in [2.45, 2.75) is 6.42 Å². The predicted octanol–water partition coefficient (Wildman–Crippen LogP) is 1.49. The number of anilines is 1. The van der Waals surface area contributed by atoms with Crippen molar-refractivity contribution in [3.63, 3.8) is 0 Å². The first-order chi connectivity index (χ1) is 7.75. The second-order valence-electron chi connectivity index (χ2n) is 3.54. The van der Waals surface area contributed by atoms with Gasteiger partial charge >= 0.3 is 0 Å². The fourth-order valence-corrected chi connectivity index (χ4v) is 2.34. The Balaban J connectivity index is 1.97. The Morgan fingerprint density at radius 3 is 2.75 bits per heavy atom. The van der Waals surface area contributed by atoms with Gasteiger partial charge in [-0.3, -0.25) is 4.79 Å². The van der Waals surface area contributed by atoms with Gasteiger partial charge in [-0.25, -0.2) is 5.43 Å². The maximum absolute atomic E-state index is 11.6. The van der Waals surface area contributed by atoms with Crippen LogP contribution in [0.2, 0.25) is 0 Å². The minimum Gasteiger partial charge on any atom is -0.399 e. The molecule has 0 aliphatic carbocycles. The third-order valence-electron chi connectivity index (χ3n) is 2.29. The smallest absolute Gasteiger partial charge is 0.271 e. The highest BCUT2D eigenvalue weighted by molar-refractivity contribution is 8.00. The van der Waals surface area contributed by atoms with Crippen LogP contribution in [0.25, 0.3) is 0 Å². The standard InChI is InChI=1S/C11H13N3OS/c12-9-3-1-8(2-4-9)11(15)14-13-10-5-6-16-7-10/h1-4H,5-7,12H2,(H,14,15)/b13-10+. The zero-order valence-corrected chi connectivity index (χ0v) is 9.59. The van der Waals surface area contributed by atoms with Gasteiger partial charge in [-0.2, -0.15) is 16.9 Å². The summed E-state index contributed by atoms with van der Waals surface area (Å²) in [5.41, 5.74) is 10.4. The van der Waals surface area contributed by atoms with E-state index in [2.05, 4.69) is 10.5 Å². The van der Waals surface area contributed by atoms with Crippen LogP contribution in [0.5, 0.6) is 0 Å². The molecule has 0 unspecified atom stereocenters. The van der Waals surface area contributed by atoms with Crippen LogP contribution in [0.3, 0.4) is 0 Å². The summed E-state index contributed by atoms with van der Waals surface area (Å²) in [5, 5.41) is 4.09. The van der Waals surface area contributed by atoms with Gasteiger partial charge in [0.25, 0.3) is 5.91 Å². The molecule has 1 aliphatic rings. The second kappa shape index (κ2) is 5.03. The Hall–Kier alpha value is -1.49. The summed E-state index contributed by atoms with van der Waals surface area (Å²) < 4.78 is 0. The van der Waals surface area contributed by atoms with Gasteiger partial charge in [-0.15, -0.1) is 0 Å². The van der Waals surface area contributed by atoms with Gasteiger partial charge in [-0.05, 0) is 36.4 Å². The molecule has 4 nitrogen and oxygen atoms in total. The van der Waals surface area contributed by atoms with E-state index in [0.717, 1.165) is 23.6 Å². The molecule has 0 bridgehead atoms. The van der Waals surface area contributed by atoms with E-state index in [9.17, 15) is 4.79 Å². The number of nitrogens with zero attached hydrogens (tertiary/aromatic N) is 1. The first kappa shape index (κ1) is 11.0. The molecule has 1 aliphatic heterocycles. The molecule has 2 rings (SSSR count). The van der Waals surface area contributed by atoms with Crippen molar-refractivity contribution in [3.05, 3.63) is 29.8 Å². The van der Waals surface area contributed by atoms with Gasteiger partial charge in [0.2, 0.25) is 0 Å². The lowest BCUT2D eigenvalue weighted by Gasteiger charge is -2.01. The molecule has 84 valence electrons. The molecule has 1 aromatic rings. The van der Waals surface area contributed by atoms with E-state index in [0.29, 0.717) is 11.3 Å². The normalized spacial score (nSPS) is 17.6. The van der Waals surface area contributed by atoms with Crippen LogP contribution >= 0.6 is 11.8 Å². The molecule has 5 heteroatoms. The third-order valence-corrected chi connectivity index (χ3v) is 3.32. The minimum atomic E-state index is -0.190. The van der Waals surface area contributed by atoms with Gasteiger partial charge in [0.15, 0.2) is 0 Å². The zero-order chi connectivity index (χ0) is 11.4. The molecule has 1 fully saturated rings. The van der Waals surface area contributed by atoms with E-state index in [1.54, 1.807) is 24.3 Å². The SMILES string of the molecule is Nc1ccc(C(=O)N/N=C2\CCSC2)cc1. The maximum atomic E-state index is 11.6. The number of carbonyl (C=O) groups excluding carboxylic acids is 1. The number of nitrogens with two attached hydrogens (primary N) is 1. The number of hydrogen-bond acceptors (Lipinski definition) is 4. The first-order valence-electron chi connectivity index (χ1n) is 5.05. The number of nitrogens with one attached hydrogen (secondary N) is 1. The quantitative estimate of drug-likeness (QED) is 0.603. The van der Waals surface area contributed by atoms with E-state index in [4.69, 9.17) is 5.73 Å². The summed E-state index contributed by atoms with van der Waals surface area (Å²) in [6, 6.07) is 6.78. The Kier molecular flexibility index (Phi) is 3.46. The molecule has 1 saturated heterocycles. The topological polar surface area (TPSA) is 67.5 Å². The lowest BCUT2D eigenvalue weighted by Crippen LogP contribution is -2.19. The van der Waals surface area contributed by atoms with Gasteiger partial charge in [0.1, 0.15) is 0 Å². The largest absolute Gasteiger partial charge is 0.399 e. The Morgan fingerprint density at radius 2 is 2.12 bits per heavy atom. The van der Waals surface area contributed by atoms with Crippen molar-refractivity contribution in [2.75, 3.05) is 17.2 Å². The van der Waals surface area contributed by atoms with E-state index in [1.165, 1.54) is 0 Å². The van der Waals surface area contributed by atoms with Gasteiger partial charge in [0, 0.05) is 22.7 Å². The molecule has 3 N–H and O–H groups in total. The molecule has 1 heterocycles. The van der Waals surface area contributed by atoms with Crippen molar-refractivity contribution >= 4 is 29.1 Å². The van der Waals surface area contributed by atoms with Crippen molar-refractivity contribution in [2.24, 2.45) is 5.10 Å². The Bertz CT molecular complexity index is 406. The molecule has 0 atom stereocenters. The average Bonchev–Trinajstić information content (AvgIpc) is 2.80. The Morgan fingerprint density at radius 1 is 1.38 bits per heavy atom. The first-order valence-corrected chi connectivity index (χ1v) is 6.20. The second-order valence-corrected chi connectivity index (χ2v) is 4.65. The monoisotopic (exact) mass is 235 g/mol. The van der Waals surface area contributed by atoms with E-state index in [-0.39, 0.29) is 5.91 Å². The lowest BCUT2D eigenvalue weighted by molar-refractivity contribution is 0.0955. The average molecular weight is 235 g/mol. The summed E-state index contributed by atoms with van der Waals surface area (Å²) in [4.78, 5) is 11.6. The molecular weight excluding hydrogens is 222 g/mol. The van der Waals surface area contributed by atoms with Crippen LogP contribution < -0.4 is 11.2 Å². The van der Waals surface area contributed by atoms with E-state index in [1.807, 2.05) is 11.8 Å². The minimum absolute atomic E-state index is 0.190. The summed E-state index contributed by atoms with van der Waals surface area (Å²) >= 11 is 1.83. The molecule has 0 spiro atoms.